The number of carbonyl (C=O) groups is 1. The number of rotatable bonds is 3. The number of H-pyrrole nitrogens is 1. The molecule has 1 aromatic carbocycles. The molecule has 0 unspecified atom stereocenters. The molecular weight excluding hydrogens is 252 g/mol. The lowest BCUT2D eigenvalue weighted by Crippen LogP contribution is -2.48. The van der Waals surface area contributed by atoms with Crippen LogP contribution in [0.2, 0.25) is 0 Å². The van der Waals surface area contributed by atoms with Crippen molar-refractivity contribution < 1.29 is 4.79 Å². The molecule has 0 aliphatic carbocycles. The molecule has 5 heteroatoms. The third-order valence-corrected chi connectivity index (χ3v) is 3.65. The maximum atomic E-state index is 12.2. The van der Waals surface area contributed by atoms with Crippen LogP contribution in [0.5, 0.6) is 0 Å². The van der Waals surface area contributed by atoms with Crippen molar-refractivity contribution in [3.63, 3.8) is 0 Å². The number of carbonyl (C=O) groups excluding carboxylic acids is 1. The second-order valence-corrected chi connectivity index (χ2v) is 5.04. The average molecular weight is 270 g/mol. The highest BCUT2D eigenvalue weighted by molar-refractivity contribution is 5.93. The molecule has 0 spiro atoms. The van der Waals surface area contributed by atoms with Gasteiger partial charge in [0.2, 0.25) is 0 Å². The number of hydrogen-bond acceptors (Lipinski definition) is 3. The third kappa shape index (κ3) is 2.88. The Bertz CT molecular complexity index is 545. The fourth-order valence-electron chi connectivity index (χ4n) is 2.50. The number of aromatic amines is 1. The summed E-state index contributed by atoms with van der Waals surface area (Å²) < 4.78 is 0. The van der Waals surface area contributed by atoms with Gasteiger partial charge in [0.25, 0.3) is 5.91 Å². The van der Waals surface area contributed by atoms with Crippen LogP contribution in [0.25, 0.3) is 0 Å². The molecule has 104 valence electrons. The number of nitrogens with zero attached hydrogens (tertiary/aromatic N) is 3. The minimum absolute atomic E-state index is 0.0677. The molecule has 1 aromatic heterocycles. The zero-order chi connectivity index (χ0) is 13.8. The third-order valence-electron chi connectivity index (χ3n) is 3.65. The van der Waals surface area contributed by atoms with E-state index >= 15 is 0 Å². The van der Waals surface area contributed by atoms with Crippen molar-refractivity contribution in [2.75, 3.05) is 26.2 Å². The van der Waals surface area contributed by atoms with Crippen LogP contribution in [0.4, 0.5) is 0 Å². The number of aromatic nitrogens is 2. The van der Waals surface area contributed by atoms with E-state index in [1.165, 1.54) is 5.56 Å². The largest absolute Gasteiger partial charge is 0.336 e. The first-order chi connectivity index (χ1) is 9.83. The first kappa shape index (κ1) is 12.9. The number of benzene rings is 1. The Balaban J connectivity index is 1.53. The maximum Gasteiger partial charge on any atom is 0.257 e. The summed E-state index contributed by atoms with van der Waals surface area (Å²) in [6, 6.07) is 10.4. The summed E-state index contributed by atoms with van der Waals surface area (Å²) in [4.78, 5) is 16.5. The highest BCUT2D eigenvalue weighted by Crippen LogP contribution is 2.10. The van der Waals surface area contributed by atoms with Crippen LogP contribution in [0.3, 0.4) is 0 Å². The van der Waals surface area contributed by atoms with Crippen molar-refractivity contribution in [1.82, 2.24) is 20.0 Å². The fourth-order valence-corrected chi connectivity index (χ4v) is 2.50. The summed E-state index contributed by atoms with van der Waals surface area (Å²) in [5.74, 6) is 0.0677. The summed E-state index contributed by atoms with van der Waals surface area (Å²) >= 11 is 0. The number of hydrogen-bond donors (Lipinski definition) is 1. The van der Waals surface area contributed by atoms with E-state index in [0.717, 1.165) is 32.7 Å². The number of nitrogens with one attached hydrogen (secondary N) is 1. The van der Waals surface area contributed by atoms with Crippen molar-refractivity contribution in [2.45, 2.75) is 6.54 Å². The summed E-state index contributed by atoms with van der Waals surface area (Å²) in [6.45, 7) is 4.33. The van der Waals surface area contributed by atoms with Crippen LogP contribution >= 0.6 is 0 Å². The van der Waals surface area contributed by atoms with Crippen molar-refractivity contribution in [3.05, 3.63) is 53.9 Å². The second-order valence-electron chi connectivity index (χ2n) is 5.04. The van der Waals surface area contributed by atoms with Crippen molar-refractivity contribution in [1.29, 1.82) is 0 Å². The van der Waals surface area contributed by atoms with E-state index in [4.69, 9.17) is 0 Å². The van der Waals surface area contributed by atoms with E-state index in [1.54, 1.807) is 12.4 Å². The Labute approximate surface area is 118 Å². The van der Waals surface area contributed by atoms with E-state index in [-0.39, 0.29) is 5.91 Å². The molecule has 1 aliphatic rings. The summed E-state index contributed by atoms with van der Waals surface area (Å²) in [5.41, 5.74) is 1.96. The minimum Gasteiger partial charge on any atom is -0.336 e. The molecular formula is C15H18N4O. The van der Waals surface area contributed by atoms with Crippen LogP contribution < -0.4 is 0 Å². The van der Waals surface area contributed by atoms with E-state index in [9.17, 15) is 4.79 Å². The lowest BCUT2D eigenvalue weighted by atomic mass is 10.2. The molecule has 1 amide bonds. The van der Waals surface area contributed by atoms with Crippen molar-refractivity contribution in [2.24, 2.45) is 0 Å². The molecule has 0 atom stereocenters. The summed E-state index contributed by atoms with van der Waals surface area (Å²) in [7, 11) is 0. The van der Waals surface area contributed by atoms with Crippen LogP contribution in [0.1, 0.15) is 15.9 Å². The first-order valence-corrected chi connectivity index (χ1v) is 6.87. The monoisotopic (exact) mass is 270 g/mol. The topological polar surface area (TPSA) is 52.2 Å². The van der Waals surface area contributed by atoms with Crippen LogP contribution in [-0.4, -0.2) is 52.1 Å². The Morgan fingerprint density at radius 2 is 1.90 bits per heavy atom. The molecule has 0 saturated carbocycles. The highest BCUT2D eigenvalue weighted by Gasteiger charge is 2.22. The quantitative estimate of drug-likeness (QED) is 0.916. The van der Waals surface area contributed by atoms with Crippen molar-refractivity contribution in [3.8, 4) is 0 Å². The standard InChI is InChI=1S/C15H18N4O/c20-15(14-10-16-17-11-14)19-8-6-18(7-9-19)12-13-4-2-1-3-5-13/h1-5,10-11H,6-9,12H2,(H,16,17). The highest BCUT2D eigenvalue weighted by atomic mass is 16.2. The molecule has 1 fully saturated rings. The maximum absolute atomic E-state index is 12.2. The van der Waals surface area contributed by atoms with Crippen LogP contribution in [-0.2, 0) is 6.54 Å². The predicted molar refractivity (Wildman–Crippen MR) is 76.2 cm³/mol. The van der Waals surface area contributed by atoms with Gasteiger partial charge in [0.15, 0.2) is 0 Å². The molecule has 20 heavy (non-hydrogen) atoms. The van der Waals surface area contributed by atoms with E-state index in [1.807, 2.05) is 11.0 Å². The number of amides is 1. The zero-order valence-electron chi connectivity index (χ0n) is 11.3. The first-order valence-electron chi connectivity index (χ1n) is 6.87. The molecule has 0 bridgehead atoms. The van der Waals surface area contributed by atoms with Crippen LogP contribution in [0.15, 0.2) is 42.7 Å². The fraction of sp³-hybridized carbons (Fsp3) is 0.333. The van der Waals surface area contributed by atoms with Gasteiger partial charge in [0, 0.05) is 38.9 Å². The Morgan fingerprint density at radius 3 is 2.55 bits per heavy atom. The Morgan fingerprint density at radius 1 is 1.15 bits per heavy atom. The van der Waals surface area contributed by atoms with Gasteiger partial charge in [-0.2, -0.15) is 5.10 Å². The molecule has 0 radical (unpaired) electrons. The molecule has 3 rings (SSSR count). The SMILES string of the molecule is O=C(c1cn[nH]c1)N1CCN(Cc2ccccc2)CC1. The molecule has 1 saturated heterocycles. The van der Waals surface area contributed by atoms with Gasteiger partial charge in [-0.15, -0.1) is 0 Å². The van der Waals surface area contributed by atoms with Gasteiger partial charge in [-0.25, -0.2) is 0 Å². The lowest BCUT2D eigenvalue weighted by Gasteiger charge is -2.34. The van der Waals surface area contributed by atoms with E-state index < -0.39 is 0 Å². The van der Waals surface area contributed by atoms with Crippen LogP contribution in [0, 0.1) is 0 Å². The minimum atomic E-state index is 0.0677. The average Bonchev–Trinajstić information content (AvgIpc) is 3.03. The zero-order valence-corrected chi connectivity index (χ0v) is 11.3. The lowest BCUT2D eigenvalue weighted by molar-refractivity contribution is 0.0628. The second kappa shape index (κ2) is 5.88. The Hall–Kier alpha value is -2.14. The summed E-state index contributed by atoms with van der Waals surface area (Å²) in [5, 5.41) is 6.51. The summed E-state index contributed by atoms with van der Waals surface area (Å²) in [6.07, 6.45) is 3.23. The molecule has 1 N–H and O–H groups in total. The van der Waals surface area contributed by atoms with Gasteiger partial charge < -0.3 is 4.90 Å². The van der Waals surface area contributed by atoms with Gasteiger partial charge in [-0.3, -0.25) is 14.8 Å². The smallest absolute Gasteiger partial charge is 0.257 e. The number of piperazine rings is 1. The van der Waals surface area contributed by atoms with Gasteiger partial charge in [-0.05, 0) is 5.56 Å². The molecule has 1 aliphatic heterocycles. The Kier molecular flexibility index (Phi) is 3.78. The van der Waals surface area contributed by atoms with E-state index in [0.29, 0.717) is 5.56 Å². The molecule has 5 nitrogen and oxygen atoms in total. The predicted octanol–water partition coefficient (Wildman–Crippen LogP) is 1.37. The van der Waals surface area contributed by atoms with Crippen molar-refractivity contribution >= 4 is 5.91 Å². The van der Waals surface area contributed by atoms with Gasteiger partial charge in [0.1, 0.15) is 0 Å². The molecule has 2 aromatic rings. The van der Waals surface area contributed by atoms with Gasteiger partial charge >= 0.3 is 0 Å². The van der Waals surface area contributed by atoms with Gasteiger partial charge in [-0.1, -0.05) is 30.3 Å². The van der Waals surface area contributed by atoms with Gasteiger partial charge in [0.05, 0.1) is 11.8 Å². The van der Waals surface area contributed by atoms with E-state index in [2.05, 4.69) is 39.4 Å². The normalized spacial score (nSPS) is 16.3. The molecule has 2 heterocycles.